The first-order chi connectivity index (χ1) is 10.0. The van der Waals surface area contributed by atoms with Crippen molar-refractivity contribution >= 4 is 23.3 Å². The van der Waals surface area contributed by atoms with Crippen LogP contribution in [0.5, 0.6) is 5.75 Å². The van der Waals surface area contributed by atoms with Crippen LogP contribution in [0.2, 0.25) is 5.02 Å². The maximum absolute atomic E-state index is 12.4. The third kappa shape index (κ3) is 2.64. The molecule has 0 aromatic heterocycles. The fraction of sp³-hybridized carbons (Fsp3) is 0.500. The Morgan fingerprint density at radius 3 is 2.76 bits per heavy atom. The van der Waals surface area contributed by atoms with Crippen molar-refractivity contribution in [1.29, 1.82) is 0 Å². The van der Waals surface area contributed by atoms with Crippen LogP contribution in [-0.2, 0) is 4.79 Å². The zero-order valence-electron chi connectivity index (χ0n) is 12.0. The molecule has 1 saturated heterocycles. The van der Waals surface area contributed by atoms with E-state index >= 15 is 0 Å². The van der Waals surface area contributed by atoms with Gasteiger partial charge in [0.1, 0.15) is 11.4 Å². The lowest BCUT2D eigenvalue weighted by Crippen LogP contribution is -2.52. The van der Waals surface area contributed by atoms with E-state index in [1.807, 2.05) is 11.8 Å². The summed E-state index contributed by atoms with van der Waals surface area (Å²) in [7, 11) is 0. The molecule has 21 heavy (non-hydrogen) atoms. The number of carbonyl (C=O) groups is 2. The summed E-state index contributed by atoms with van der Waals surface area (Å²) in [6.45, 7) is 3.18. The van der Waals surface area contributed by atoms with Gasteiger partial charge in [0.2, 0.25) is 5.91 Å². The molecule has 3 rings (SSSR count). The van der Waals surface area contributed by atoms with Gasteiger partial charge in [-0.1, -0.05) is 18.5 Å². The van der Waals surface area contributed by atoms with E-state index in [1.54, 1.807) is 18.2 Å². The predicted octanol–water partition coefficient (Wildman–Crippen LogP) is 3.08. The molecular formula is C16H18ClNO3. The molecular weight excluding hydrogens is 290 g/mol. The van der Waals surface area contributed by atoms with Gasteiger partial charge in [-0.25, -0.2) is 0 Å². The van der Waals surface area contributed by atoms with E-state index in [1.165, 1.54) is 0 Å². The third-order valence-electron chi connectivity index (χ3n) is 4.38. The highest BCUT2D eigenvalue weighted by molar-refractivity contribution is 6.31. The maximum Gasteiger partial charge on any atom is 0.222 e. The summed E-state index contributed by atoms with van der Waals surface area (Å²) in [4.78, 5) is 26.0. The number of amides is 1. The van der Waals surface area contributed by atoms with Crippen molar-refractivity contribution in [2.45, 2.75) is 38.2 Å². The lowest BCUT2D eigenvalue weighted by Gasteiger charge is -2.44. The van der Waals surface area contributed by atoms with Crippen LogP contribution in [0.25, 0.3) is 0 Å². The van der Waals surface area contributed by atoms with Gasteiger partial charge in [-0.3, -0.25) is 9.59 Å². The fourth-order valence-electron chi connectivity index (χ4n) is 3.13. The number of halogens is 1. The summed E-state index contributed by atoms with van der Waals surface area (Å²) in [6.07, 6.45) is 2.29. The molecule has 0 unspecified atom stereocenters. The molecule has 0 aliphatic carbocycles. The van der Waals surface area contributed by atoms with Gasteiger partial charge in [0.05, 0.1) is 12.0 Å². The normalized spacial score (nSPS) is 20.1. The molecule has 5 heteroatoms. The van der Waals surface area contributed by atoms with Crippen LogP contribution in [0.15, 0.2) is 18.2 Å². The number of likely N-dealkylation sites (tertiary alicyclic amines) is 1. The van der Waals surface area contributed by atoms with Gasteiger partial charge in [0.15, 0.2) is 5.78 Å². The number of rotatable bonds is 1. The summed E-state index contributed by atoms with van der Waals surface area (Å²) in [6, 6.07) is 5.17. The number of ketones is 1. The number of hydrogen-bond donors (Lipinski definition) is 0. The van der Waals surface area contributed by atoms with E-state index in [2.05, 4.69) is 0 Å². The highest BCUT2D eigenvalue weighted by Gasteiger charge is 2.43. The molecule has 0 atom stereocenters. The number of nitrogens with zero attached hydrogens (tertiary/aromatic N) is 1. The van der Waals surface area contributed by atoms with Crippen LogP contribution in [0.3, 0.4) is 0 Å². The molecule has 0 bridgehead atoms. The van der Waals surface area contributed by atoms with E-state index in [9.17, 15) is 9.59 Å². The van der Waals surface area contributed by atoms with Crippen molar-refractivity contribution in [3.05, 3.63) is 28.8 Å². The topological polar surface area (TPSA) is 46.6 Å². The van der Waals surface area contributed by atoms with Gasteiger partial charge >= 0.3 is 0 Å². The summed E-state index contributed by atoms with van der Waals surface area (Å²) < 4.78 is 6.13. The minimum Gasteiger partial charge on any atom is -0.486 e. The van der Waals surface area contributed by atoms with Crippen molar-refractivity contribution in [3.63, 3.8) is 0 Å². The largest absolute Gasteiger partial charge is 0.486 e. The molecule has 112 valence electrons. The Kier molecular flexibility index (Phi) is 3.66. The van der Waals surface area contributed by atoms with Crippen molar-refractivity contribution in [3.8, 4) is 5.75 Å². The Morgan fingerprint density at radius 2 is 2.10 bits per heavy atom. The average molecular weight is 308 g/mol. The summed E-state index contributed by atoms with van der Waals surface area (Å²) in [5.41, 5.74) is 0.114. The molecule has 2 heterocycles. The van der Waals surface area contributed by atoms with Crippen LogP contribution in [0.1, 0.15) is 43.0 Å². The number of hydrogen-bond acceptors (Lipinski definition) is 3. The first kappa shape index (κ1) is 14.4. The second kappa shape index (κ2) is 5.34. The molecule has 1 spiro atoms. The number of piperidine rings is 1. The first-order valence-corrected chi connectivity index (χ1v) is 7.70. The molecule has 1 fully saturated rings. The number of benzene rings is 1. The minimum absolute atomic E-state index is 0.0778. The van der Waals surface area contributed by atoms with Gasteiger partial charge < -0.3 is 9.64 Å². The van der Waals surface area contributed by atoms with E-state index in [-0.39, 0.29) is 11.7 Å². The number of Topliss-reactive ketones (excluding diaryl/α,β-unsaturated/α-hetero) is 1. The molecule has 1 amide bonds. The van der Waals surface area contributed by atoms with Crippen molar-refractivity contribution in [1.82, 2.24) is 4.90 Å². The highest BCUT2D eigenvalue weighted by atomic mass is 35.5. The Bertz CT molecular complexity index is 591. The quantitative estimate of drug-likeness (QED) is 0.801. The summed E-state index contributed by atoms with van der Waals surface area (Å²) in [5.74, 6) is 0.860. The standard InChI is InChI=1S/C16H18ClNO3/c1-2-15(20)18-7-5-16(6-8-18)10-13(19)12-9-11(17)3-4-14(12)21-16/h3-4,9H,2,5-8,10H2,1H3. The van der Waals surface area contributed by atoms with Gasteiger partial charge in [0, 0.05) is 37.4 Å². The van der Waals surface area contributed by atoms with E-state index < -0.39 is 5.60 Å². The van der Waals surface area contributed by atoms with Gasteiger partial charge in [0.25, 0.3) is 0 Å². The van der Waals surface area contributed by atoms with Crippen LogP contribution in [0.4, 0.5) is 0 Å². The van der Waals surface area contributed by atoms with Gasteiger partial charge in [-0.15, -0.1) is 0 Å². The second-order valence-electron chi connectivity index (χ2n) is 5.76. The van der Waals surface area contributed by atoms with Gasteiger partial charge in [-0.2, -0.15) is 0 Å². The van der Waals surface area contributed by atoms with Gasteiger partial charge in [-0.05, 0) is 18.2 Å². The summed E-state index contributed by atoms with van der Waals surface area (Å²) in [5, 5.41) is 0.546. The molecule has 2 aliphatic heterocycles. The van der Waals surface area contributed by atoms with Crippen LogP contribution < -0.4 is 4.74 Å². The average Bonchev–Trinajstić information content (AvgIpc) is 2.48. The lowest BCUT2D eigenvalue weighted by atomic mass is 9.82. The second-order valence-corrected chi connectivity index (χ2v) is 6.20. The van der Waals surface area contributed by atoms with Crippen molar-refractivity contribution in [2.24, 2.45) is 0 Å². The zero-order chi connectivity index (χ0) is 15.0. The SMILES string of the molecule is CCC(=O)N1CCC2(CC1)CC(=O)c1cc(Cl)ccc1O2. The molecule has 4 nitrogen and oxygen atoms in total. The maximum atomic E-state index is 12.4. The van der Waals surface area contributed by atoms with Crippen LogP contribution in [0, 0.1) is 0 Å². The minimum atomic E-state index is -0.456. The number of ether oxygens (including phenoxy) is 1. The summed E-state index contributed by atoms with van der Waals surface area (Å²) >= 11 is 5.94. The Balaban J connectivity index is 1.79. The van der Waals surface area contributed by atoms with Crippen molar-refractivity contribution in [2.75, 3.05) is 13.1 Å². The molecule has 1 aromatic carbocycles. The Morgan fingerprint density at radius 1 is 1.38 bits per heavy atom. The third-order valence-corrected chi connectivity index (χ3v) is 4.62. The Labute approximate surface area is 129 Å². The van der Waals surface area contributed by atoms with E-state index in [4.69, 9.17) is 16.3 Å². The van der Waals surface area contributed by atoms with Crippen molar-refractivity contribution < 1.29 is 14.3 Å². The highest BCUT2D eigenvalue weighted by Crippen LogP contribution is 2.40. The predicted molar refractivity (Wildman–Crippen MR) is 79.9 cm³/mol. The van der Waals surface area contributed by atoms with Crippen LogP contribution >= 0.6 is 11.6 Å². The molecule has 0 N–H and O–H groups in total. The Hall–Kier alpha value is -1.55. The zero-order valence-corrected chi connectivity index (χ0v) is 12.8. The first-order valence-electron chi connectivity index (χ1n) is 7.32. The van der Waals surface area contributed by atoms with Crippen LogP contribution in [-0.4, -0.2) is 35.3 Å². The molecule has 2 aliphatic rings. The number of carbonyl (C=O) groups excluding carboxylic acids is 2. The molecule has 1 aromatic rings. The monoisotopic (exact) mass is 307 g/mol. The molecule has 0 radical (unpaired) electrons. The lowest BCUT2D eigenvalue weighted by molar-refractivity contribution is -0.134. The molecule has 0 saturated carbocycles. The number of fused-ring (bicyclic) bond motifs is 1. The van der Waals surface area contributed by atoms with E-state index in [0.717, 1.165) is 0 Å². The fourth-order valence-corrected chi connectivity index (χ4v) is 3.30. The smallest absolute Gasteiger partial charge is 0.222 e. The van der Waals surface area contributed by atoms with E-state index in [0.29, 0.717) is 55.1 Å².